The number of nitrogens with zero attached hydrogens (tertiary/aromatic N) is 1. The molecule has 0 saturated heterocycles. The molecule has 1 heterocycles. The van der Waals surface area contributed by atoms with Crippen molar-refractivity contribution in [3.05, 3.63) is 54.0 Å². The summed E-state index contributed by atoms with van der Waals surface area (Å²) in [5, 5.41) is 0. The number of pyridine rings is 1. The van der Waals surface area contributed by atoms with E-state index in [0.29, 0.717) is 11.3 Å². The molecule has 0 aliphatic carbocycles. The molecule has 18 heavy (non-hydrogen) atoms. The summed E-state index contributed by atoms with van der Waals surface area (Å²) >= 11 is 0. The summed E-state index contributed by atoms with van der Waals surface area (Å²) in [6.45, 7) is 0. The SMILES string of the molecule is COC(OC)c1ccnc(-c2ccccc2F)c1. The Hall–Kier alpha value is -1.78. The summed E-state index contributed by atoms with van der Waals surface area (Å²) in [6.07, 6.45) is 1.14. The van der Waals surface area contributed by atoms with E-state index < -0.39 is 6.29 Å². The van der Waals surface area contributed by atoms with Crippen molar-refractivity contribution in [3.8, 4) is 11.3 Å². The van der Waals surface area contributed by atoms with Crippen molar-refractivity contribution in [1.82, 2.24) is 4.98 Å². The Bertz CT molecular complexity index is 527. The highest BCUT2D eigenvalue weighted by molar-refractivity contribution is 5.60. The Kier molecular flexibility index (Phi) is 4.02. The van der Waals surface area contributed by atoms with Crippen LogP contribution >= 0.6 is 0 Å². The van der Waals surface area contributed by atoms with E-state index in [9.17, 15) is 4.39 Å². The van der Waals surface area contributed by atoms with E-state index in [1.165, 1.54) is 6.07 Å². The lowest BCUT2D eigenvalue weighted by atomic mass is 10.1. The second kappa shape index (κ2) is 5.71. The fourth-order valence-electron chi connectivity index (χ4n) is 1.78. The fraction of sp³-hybridized carbons (Fsp3) is 0.214. The zero-order chi connectivity index (χ0) is 13.0. The first-order chi connectivity index (χ1) is 8.76. The van der Waals surface area contributed by atoms with E-state index >= 15 is 0 Å². The van der Waals surface area contributed by atoms with Gasteiger partial charge in [-0.2, -0.15) is 0 Å². The Labute approximate surface area is 105 Å². The van der Waals surface area contributed by atoms with E-state index in [4.69, 9.17) is 9.47 Å². The number of methoxy groups -OCH3 is 2. The minimum Gasteiger partial charge on any atom is -0.352 e. The van der Waals surface area contributed by atoms with Crippen LogP contribution in [-0.4, -0.2) is 19.2 Å². The zero-order valence-electron chi connectivity index (χ0n) is 10.3. The third-order valence-electron chi connectivity index (χ3n) is 2.63. The van der Waals surface area contributed by atoms with Gasteiger partial charge >= 0.3 is 0 Å². The molecule has 0 bridgehead atoms. The van der Waals surface area contributed by atoms with E-state index in [-0.39, 0.29) is 5.82 Å². The lowest BCUT2D eigenvalue weighted by molar-refractivity contribution is -0.106. The van der Waals surface area contributed by atoms with E-state index in [2.05, 4.69) is 4.98 Å². The van der Waals surface area contributed by atoms with Crippen LogP contribution in [-0.2, 0) is 9.47 Å². The molecular formula is C14H14FNO2. The van der Waals surface area contributed by atoms with Gasteiger partial charge in [0.2, 0.25) is 0 Å². The van der Waals surface area contributed by atoms with Gasteiger partial charge in [0.25, 0.3) is 0 Å². The summed E-state index contributed by atoms with van der Waals surface area (Å²) in [4.78, 5) is 4.17. The van der Waals surface area contributed by atoms with Crippen LogP contribution in [0.15, 0.2) is 42.6 Å². The molecule has 0 aliphatic rings. The smallest absolute Gasteiger partial charge is 0.183 e. The molecule has 0 spiro atoms. The fourth-order valence-corrected chi connectivity index (χ4v) is 1.78. The van der Waals surface area contributed by atoms with Crippen molar-refractivity contribution < 1.29 is 13.9 Å². The van der Waals surface area contributed by atoms with Crippen LogP contribution in [0.1, 0.15) is 11.9 Å². The summed E-state index contributed by atoms with van der Waals surface area (Å²) in [6, 6.07) is 10.1. The van der Waals surface area contributed by atoms with Crippen LogP contribution in [0, 0.1) is 5.82 Å². The van der Waals surface area contributed by atoms with Gasteiger partial charge in [-0.15, -0.1) is 0 Å². The molecule has 0 radical (unpaired) electrons. The first kappa shape index (κ1) is 12.7. The number of ether oxygens (including phenoxy) is 2. The first-order valence-corrected chi connectivity index (χ1v) is 5.52. The lowest BCUT2D eigenvalue weighted by Crippen LogP contribution is -2.04. The summed E-state index contributed by atoms with van der Waals surface area (Å²) < 4.78 is 24.0. The number of rotatable bonds is 4. The molecule has 2 rings (SSSR count). The number of benzene rings is 1. The third-order valence-corrected chi connectivity index (χ3v) is 2.63. The molecular weight excluding hydrogens is 233 g/mol. The van der Waals surface area contributed by atoms with Gasteiger partial charge in [0.1, 0.15) is 5.82 Å². The van der Waals surface area contributed by atoms with Crippen LogP contribution < -0.4 is 0 Å². The molecule has 0 unspecified atom stereocenters. The monoisotopic (exact) mass is 247 g/mol. The van der Waals surface area contributed by atoms with Crippen molar-refractivity contribution >= 4 is 0 Å². The maximum atomic E-state index is 13.7. The average molecular weight is 247 g/mol. The van der Waals surface area contributed by atoms with Gasteiger partial charge in [-0.3, -0.25) is 4.98 Å². The standard InChI is InChI=1S/C14H14FNO2/c1-17-14(18-2)10-7-8-16-13(9-10)11-5-3-4-6-12(11)15/h3-9,14H,1-2H3. The molecule has 0 atom stereocenters. The Morgan fingerprint density at radius 1 is 1.11 bits per heavy atom. The maximum Gasteiger partial charge on any atom is 0.183 e. The Balaban J connectivity index is 2.42. The summed E-state index contributed by atoms with van der Waals surface area (Å²) in [5.74, 6) is -0.298. The Morgan fingerprint density at radius 2 is 1.83 bits per heavy atom. The van der Waals surface area contributed by atoms with Gasteiger partial charge in [0.05, 0.1) is 5.69 Å². The minimum atomic E-state index is -0.474. The molecule has 4 heteroatoms. The van der Waals surface area contributed by atoms with Crippen molar-refractivity contribution in [2.75, 3.05) is 14.2 Å². The molecule has 0 aliphatic heterocycles. The molecule has 0 N–H and O–H groups in total. The molecule has 1 aromatic carbocycles. The Morgan fingerprint density at radius 3 is 2.50 bits per heavy atom. The predicted octanol–water partition coefficient (Wildman–Crippen LogP) is 3.18. The highest BCUT2D eigenvalue weighted by atomic mass is 19.1. The van der Waals surface area contributed by atoms with Crippen LogP contribution in [0.25, 0.3) is 11.3 Å². The van der Waals surface area contributed by atoms with E-state index in [0.717, 1.165) is 5.56 Å². The van der Waals surface area contributed by atoms with E-state index in [1.807, 2.05) is 0 Å². The van der Waals surface area contributed by atoms with E-state index in [1.54, 1.807) is 50.7 Å². The number of halogens is 1. The topological polar surface area (TPSA) is 31.4 Å². The second-order valence-electron chi connectivity index (χ2n) is 3.76. The lowest BCUT2D eigenvalue weighted by Gasteiger charge is -2.14. The van der Waals surface area contributed by atoms with Crippen molar-refractivity contribution in [3.63, 3.8) is 0 Å². The summed E-state index contributed by atoms with van der Waals surface area (Å²) in [5.41, 5.74) is 1.82. The maximum absolute atomic E-state index is 13.7. The number of aromatic nitrogens is 1. The van der Waals surface area contributed by atoms with Gasteiger partial charge in [0.15, 0.2) is 6.29 Å². The van der Waals surface area contributed by atoms with Crippen molar-refractivity contribution in [2.45, 2.75) is 6.29 Å². The van der Waals surface area contributed by atoms with Crippen LogP contribution in [0.3, 0.4) is 0 Å². The first-order valence-electron chi connectivity index (χ1n) is 5.52. The normalized spacial score (nSPS) is 10.9. The number of hydrogen-bond acceptors (Lipinski definition) is 3. The molecule has 1 aromatic heterocycles. The van der Waals surface area contributed by atoms with Gasteiger partial charge in [-0.1, -0.05) is 12.1 Å². The van der Waals surface area contributed by atoms with Gasteiger partial charge in [-0.05, 0) is 24.3 Å². The molecule has 0 amide bonds. The van der Waals surface area contributed by atoms with Crippen molar-refractivity contribution in [2.24, 2.45) is 0 Å². The van der Waals surface area contributed by atoms with Crippen molar-refractivity contribution in [1.29, 1.82) is 0 Å². The predicted molar refractivity (Wildman–Crippen MR) is 66.4 cm³/mol. The molecule has 0 saturated carbocycles. The quantitative estimate of drug-likeness (QED) is 0.777. The summed E-state index contributed by atoms with van der Waals surface area (Å²) in [7, 11) is 3.11. The zero-order valence-corrected chi connectivity index (χ0v) is 10.3. The number of hydrogen-bond donors (Lipinski definition) is 0. The van der Waals surface area contributed by atoms with Gasteiger partial charge < -0.3 is 9.47 Å². The average Bonchev–Trinajstić information content (AvgIpc) is 2.41. The van der Waals surface area contributed by atoms with Crippen LogP contribution in [0.4, 0.5) is 4.39 Å². The minimum absolute atomic E-state index is 0.298. The molecule has 3 nitrogen and oxygen atoms in total. The third kappa shape index (κ3) is 2.55. The van der Waals surface area contributed by atoms with Crippen LogP contribution in [0.5, 0.6) is 0 Å². The van der Waals surface area contributed by atoms with Crippen LogP contribution in [0.2, 0.25) is 0 Å². The molecule has 0 fully saturated rings. The van der Waals surface area contributed by atoms with Gasteiger partial charge in [0, 0.05) is 31.5 Å². The second-order valence-corrected chi connectivity index (χ2v) is 3.76. The molecule has 2 aromatic rings. The largest absolute Gasteiger partial charge is 0.352 e. The highest BCUT2D eigenvalue weighted by Gasteiger charge is 2.12. The molecule has 94 valence electrons. The van der Waals surface area contributed by atoms with Gasteiger partial charge in [-0.25, -0.2) is 4.39 Å². The highest BCUT2D eigenvalue weighted by Crippen LogP contribution is 2.24.